The highest BCUT2D eigenvalue weighted by Crippen LogP contribution is 2.08. The van der Waals surface area contributed by atoms with Crippen LogP contribution in [0.25, 0.3) is 0 Å². The molecule has 14 heavy (non-hydrogen) atoms. The van der Waals surface area contributed by atoms with E-state index in [0.717, 1.165) is 10.6 Å². The maximum atomic E-state index is 5.79. The van der Waals surface area contributed by atoms with Gasteiger partial charge >= 0.3 is 0 Å². The van der Waals surface area contributed by atoms with Crippen molar-refractivity contribution in [3.8, 4) is 11.8 Å². The van der Waals surface area contributed by atoms with Gasteiger partial charge in [0.05, 0.1) is 6.04 Å². The Balaban J connectivity index is 2.73. The lowest BCUT2D eigenvalue weighted by Gasteiger charge is -2.06. The smallest absolute Gasteiger partial charge is 0.0691 e. The van der Waals surface area contributed by atoms with Crippen molar-refractivity contribution in [3.05, 3.63) is 34.9 Å². The van der Waals surface area contributed by atoms with Gasteiger partial charge in [-0.05, 0) is 30.2 Å². The fourth-order valence-corrected chi connectivity index (χ4v) is 0.993. The van der Waals surface area contributed by atoms with E-state index in [-0.39, 0.29) is 6.04 Å². The van der Waals surface area contributed by atoms with Crippen LogP contribution in [0.3, 0.4) is 0 Å². The summed E-state index contributed by atoms with van der Waals surface area (Å²) in [5.41, 5.74) is 6.74. The molecule has 0 spiro atoms. The summed E-state index contributed by atoms with van der Waals surface area (Å²) in [4.78, 5) is 0. The van der Waals surface area contributed by atoms with Crippen LogP contribution in [0.5, 0.6) is 0 Å². The summed E-state index contributed by atoms with van der Waals surface area (Å²) in [5.74, 6) is 6.41. The first kappa shape index (κ1) is 11.1. The first-order valence-corrected chi connectivity index (χ1v) is 5.00. The third-order valence-corrected chi connectivity index (χ3v) is 2.20. The quantitative estimate of drug-likeness (QED) is 0.705. The number of nitrogens with two attached hydrogens (primary N) is 1. The van der Waals surface area contributed by atoms with Gasteiger partial charge in [0.1, 0.15) is 0 Å². The second-order valence-corrected chi connectivity index (χ2v) is 3.98. The van der Waals surface area contributed by atoms with Gasteiger partial charge in [-0.3, -0.25) is 0 Å². The molecule has 0 saturated carbocycles. The zero-order valence-electron chi connectivity index (χ0n) is 8.42. The number of hydrogen-bond acceptors (Lipinski definition) is 1. The molecule has 0 fully saturated rings. The molecule has 1 aromatic rings. The largest absolute Gasteiger partial charge is 0.317 e. The molecule has 2 heteroatoms. The molecule has 0 heterocycles. The normalized spacial score (nSPS) is 12.1. The molecule has 1 nitrogen and oxygen atoms in total. The van der Waals surface area contributed by atoms with Crippen molar-refractivity contribution >= 4 is 11.6 Å². The Labute approximate surface area is 90.3 Å². The van der Waals surface area contributed by atoms with Crippen LogP contribution in [0.15, 0.2) is 24.3 Å². The molecule has 0 aliphatic heterocycles. The molecule has 2 N–H and O–H groups in total. The molecule has 74 valence electrons. The highest BCUT2D eigenvalue weighted by molar-refractivity contribution is 6.30. The van der Waals surface area contributed by atoms with Gasteiger partial charge in [-0.15, -0.1) is 0 Å². The van der Waals surface area contributed by atoms with Gasteiger partial charge in [0.15, 0.2) is 0 Å². The standard InChI is InChI=1S/C12H14ClN/c1-9(2)12(14)8-5-10-3-6-11(13)7-4-10/h3-4,6-7,9,12H,14H2,1-2H3. The Hall–Kier alpha value is -0.970. The number of halogens is 1. The highest BCUT2D eigenvalue weighted by Gasteiger charge is 2.01. The summed E-state index contributed by atoms with van der Waals surface area (Å²) in [6.45, 7) is 4.11. The molecule has 0 aromatic heterocycles. The van der Waals surface area contributed by atoms with E-state index in [4.69, 9.17) is 17.3 Å². The Kier molecular flexibility index (Phi) is 4.00. The van der Waals surface area contributed by atoms with E-state index >= 15 is 0 Å². The molecule has 1 aromatic carbocycles. The van der Waals surface area contributed by atoms with E-state index in [1.54, 1.807) is 0 Å². The van der Waals surface area contributed by atoms with E-state index in [0.29, 0.717) is 5.92 Å². The van der Waals surface area contributed by atoms with Crippen LogP contribution in [0.2, 0.25) is 5.02 Å². The van der Waals surface area contributed by atoms with Crippen LogP contribution in [0.4, 0.5) is 0 Å². The van der Waals surface area contributed by atoms with Crippen LogP contribution < -0.4 is 5.73 Å². The third kappa shape index (κ3) is 3.41. The van der Waals surface area contributed by atoms with Crippen molar-refractivity contribution in [1.82, 2.24) is 0 Å². The van der Waals surface area contributed by atoms with Crippen molar-refractivity contribution in [3.63, 3.8) is 0 Å². The number of hydrogen-bond donors (Lipinski definition) is 1. The fourth-order valence-electron chi connectivity index (χ4n) is 0.867. The highest BCUT2D eigenvalue weighted by atomic mass is 35.5. The first-order valence-electron chi connectivity index (χ1n) is 4.62. The van der Waals surface area contributed by atoms with E-state index in [1.807, 2.05) is 24.3 Å². The van der Waals surface area contributed by atoms with Gasteiger partial charge in [0.2, 0.25) is 0 Å². The lowest BCUT2D eigenvalue weighted by Crippen LogP contribution is -2.23. The topological polar surface area (TPSA) is 26.0 Å². The summed E-state index contributed by atoms with van der Waals surface area (Å²) in [7, 11) is 0. The molecule has 0 bridgehead atoms. The number of rotatable bonds is 1. The maximum Gasteiger partial charge on any atom is 0.0691 e. The van der Waals surface area contributed by atoms with Crippen molar-refractivity contribution in [2.75, 3.05) is 0 Å². The van der Waals surface area contributed by atoms with Crippen LogP contribution in [-0.4, -0.2) is 6.04 Å². The SMILES string of the molecule is CC(C)C(N)C#Cc1ccc(Cl)cc1. The molecule has 1 rings (SSSR count). The summed E-state index contributed by atoms with van der Waals surface area (Å²) in [6.07, 6.45) is 0. The van der Waals surface area contributed by atoms with Crippen molar-refractivity contribution < 1.29 is 0 Å². The zero-order chi connectivity index (χ0) is 10.6. The zero-order valence-corrected chi connectivity index (χ0v) is 9.18. The van der Waals surface area contributed by atoms with Crippen molar-refractivity contribution in [2.24, 2.45) is 11.7 Å². The minimum Gasteiger partial charge on any atom is -0.317 e. The summed E-state index contributed by atoms with van der Waals surface area (Å²) in [5, 5.41) is 0.726. The predicted octanol–water partition coefficient (Wildman–Crippen LogP) is 2.67. The Morgan fingerprint density at radius 1 is 1.21 bits per heavy atom. The van der Waals surface area contributed by atoms with E-state index < -0.39 is 0 Å². The van der Waals surface area contributed by atoms with Crippen LogP contribution in [0.1, 0.15) is 19.4 Å². The Morgan fingerprint density at radius 3 is 2.29 bits per heavy atom. The van der Waals surface area contributed by atoms with Crippen molar-refractivity contribution in [2.45, 2.75) is 19.9 Å². The average molecular weight is 208 g/mol. The lowest BCUT2D eigenvalue weighted by molar-refractivity contribution is 0.584. The van der Waals surface area contributed by atoms with Gasteiger partial charge in [-0.2, -0.15) is 0 Å². The van der Waals surface area contributed by atoms with Crippen LogP contribution >= 0.6 is 11.6 Å². The average Bonchev–Trinajstić information content (AvgIpc) is 2.16. The van der Waals surface area contributed by atoms with Gasteiger partial charge in [-0.1, -0.05) is 37.3 Å². The van der Waals surface area contributed by atoms with Gasteiger partial charge in [0, 0.05) is 10.6 Å². The summed E-state index contributed by atoms with van der Waals surface area (Å²) >= 11 is 5.75. The molecule has 1 atom stereocenters. The minimum absolute atomic E-state index is 0.0642. The van der Waals surface area contributed by atoms with Gasteiger partial charge < -0.3 is 5.73 Å². The monoisotopic (exact) mass is 207 g/mol. The van der Waals surface area contributed by atoms with Crippen molar-refractivity contribution in [1.29, 1.82) is 0 Å². The molecule has 0 radical (unpaired) electrons. The predicted molar refractivity (Wildman–Crippen MR) is 61.1 cm³/mol. The first-order chi connectivity index (χ1) is 6.59. The maximum absolute atomic E-state index is 5.79. The molecule has 0 saturated heterocycles. The second kappa shape index (κ2) is 5.05. The fraction of sp³-hybridized carbons (Fsp3) is 0.333. The van der Waals surface area contributed by atoms with Crippen LogP contribution in [0, 0.1) is 17.8 Å². The van der Waals surface area contributed by atoms with E-state index in [2.05, 4.69) is 25.7 Å². The third-order valence-electron chi connectivity index (χ3n) is 1.95. The minimum atomic E-state index is -0.0642. The summed E-state index contributed by atoms with van der Waals surface area (Å²) < 4.78 is 0. The molecule has 0 amide bonds. The molecular weight excluding hydrogens is 194 g/mol. The Bertz CT molecular complexity index is 343. The van der Waals surface area contributed by atoms with E-state index in [1.165, 1.54) is 0 Å². The molecule has 1 unspecified atom stereocenters. The lowest BCUT2D eigenvalue weighted by atomic mass is 10.1. The van der Waals surface area contributed by atoms with Gasteiger partial charge in [-0.25, -0.2) is 0 Å². The molecular formula is C12H14ClN. The Morgan fingerprint density at radius 2 is 1.79 bits per heavy atom. The van der Waals surface area contributed by atoms with Gasteiger partial charge in [0.25, 0.3) is 0 Å². The molecule has 0 aliphatic rings. The molecule has 0 aliphatic carbocycles. The second-order valence-electron chi connectivity index (χ2n) is 3.55. The van der Waals surface area contributed by atoms with Crippen LogP contribution in [-0.2, 0) is 0 Å². The number of benzene rings is 1. The summed E-state index contributed by atoms with van der Waals surface area (Å²) in [6, 6.07) is 7.37. The van der Waals surface area contributed by atoms with E-state index in [9.17, 15) is 0 Å².